The van der Waals surface area contributed by atoms with Gasteiger partial charge in [0.1, 0.15) is 6.61 Å². The lowest BCUT2D eigenvalue weighted by atomic mass is 10.1. The first kappa shape index (κ1) is 22.3. The van der Waals surface area contributed by atoms with Crippen molar-refractivity contribution in [1.82, 2.24) is 5.43 Å². The van der Waals surface area contributed by atoms with Gasteiger partial charge < -0.3 is 4.74 Å². The number of halogens is 2. The van der Waals surface area contributed by atoms with Gasteiger partial charge in [0.25, 0.3) is 5.69 Å². The van der Waals surface area contributed by atoms with Gasteiger partial charge in [-0.15, -0.1) is 0 Å². The number of benzene rings is 3. The van der Waals surface area contributed by atoms with Gasteiger partial charge in [-0.1, -0.05) is 71.7 Å². The maximum atomic E-state index is 12.1. The largest absolute Gasteiger partial charge is 0.486 e. The lowest BCUT2D eigenvalue weighted by Gasteiger charge is -2.11. The highest BCUT2D eigenvalue weighted by molar-refractivity contribution is 6.37. The number of para-hydroxylation sites is 1. The minimum absolute atomic E-state index is 0.119. The summed E-state index contributed by atoms with van der Waals surface area (Å²) in [6, 6.07) is 18.8. The average Bonchev–Trinajstić information content (AvgIpc) is 2.74. The van der Waals surface area contributed by atoms with Gasteiger partial charge in [-0.25, -0.2) is 5.43 Å². The van der Waals surface area contributed by atoms with Crippen LogP contribution in [0.1, 0.15) is 16.7 Å². The van der Waals surface area contributed by atoms with Crippen LogP contribution in [0.2, 0.25) is 10.0 Å². The Labute approximate surface area is 188 Å². The zero-order valence-corrected chi connectivity index (χ0v) is 17.6. The summed E-state index contributed by atoms with van der Waals surface area (Å²) in [7, 11) is 0. The molecule has 0 aliphatic carbocycles. The van der Waals surface area contributed by atoms with Gasteiger partial charge in [-0.3, -0.25) is 14.9 Å². The number of nitro benzene ring substituents is 1. The molecule has 0 atom stereocenters. The fourth-order valence-corrected chi connectivity index (χ4v) is 3.36. The fourth-order valence-electron chi connectivity index (χ4n) is 2.75. The van der Waals surface area contributed by atoms with E-state index in [0.29, 0.717) is 33.5 Å². The number of hydrogen-bond donors (Lipinski definition) is 1. The Morgan fingerprint density at radius 2 is 1.71 bits per heavy atom. The molecule has 158 valence electrons. The Balaban J connectivity index is 1.61. The molecule has 0 aromatic heterocycles. The zero-order valence-electron chi connectivity index (χ0n) is 16.1. The lowest BCUT2D eigenvalue weighted by molar-refractivity contribution is -0.385. The first-order valence-electron chi connectivity index (χ1n) is 9.14. The molecule has 0 saturated carbocycles. The summed E-state index contributed by atoms with van der Waals surface area (Å²) >= 11 is 12.5. The number of carbonyl (C=O) groups excluding carboxylic acids is 1. The standard InChI is InChI=1S/C22H17Cl2N3O4/c23-18-10-16(11-19(24)22(18)31-14-15-6-2-1-3-7-15)13-25-26-21(28)12-17-8-4-5-9-20(17)27(29)30/h1-11,13H,12,14H2,(H,26,28). The SMILES string of the molecule is O=C(Cc1ccccc1[N+](=O)[O-])NN=Cc1cc(Cl)c(OCc2ccccc2)c(Cl)c1. The van der Waals surface area contributed by atoms with Crippen molar-refractivity contribution in [2.45, 2.75) is 13.0 Å². The van der Waals surface area contributed by atoms with Gasteiger partial charge in [-0.05, 0) is 23.3 Å². The second-order valence-corrected chi connectivity index (χ2v) is 7.26. The summed E-state index contributed by atoms with van der Waals surface area (Å²) in [5, 5.41) is 15.5. The third kappa shape index (κ3) is 6.28. The smallest absolute Gasteiger partial charge is 0.273 e. The van der Waals surface area contributed by atoms with E-state index in [1.807, 2.05) is 30.3 Å². The molecule has 0 fully saturated rings. The van der Waals surface area contributed by atoms with Gasteiger partial charge in [0.15, 0.2) is 5.75 Å². The number of carbonyl (C=O) groups is 1. The normalized spacial score (nSPS) is 10.8. The highest BCUT2D eigenvalue weighted by Gasteiger charge is 2.15. The molecule has 0 unspecified atom stereocenters. The Bertz CT molecular complexity index is 1100. The van der Waals surface area contributed by atoms with Crippen LogP contribution in [-0.2, 0) is 17.8 Å². The summed E-state index contributed by atoms with van der Waals surface area (Å²) in [4.78, 5) is 22.6. The lowest BCUT2D eigenvalue weighted by Crippen LogP contribution is -2.20. The van der Waals surface area contributed by atoms with Crippen molar-refractivity contribution >= 4 is 41.0 Å². The number of rotatable bonds is 8. The topological polar surface area (TPSA) is 93.8 Å². The number of nitrogens with zero attached hydrogens (tertiary/aromatic N) is 2. The maximum Gasteiger partial charge on any atom is 0.273 e. The Hall–Kier alpha value is -3.42. The van der Waals surface area contributed by atoms with Gasteiger partial charge in [-0.2, -0.15) is 5.10 Å². The molecule has 0 aliphatic heterocycles. The number of amides is 1. The summed E-state index contributed by atoms with van der Waals surface area (Å²) in [5.41, 5.74) is 4.04. The highest BCUT2D eigenvalue weighted by atomic mass is 35.5. The van der Waals surface area contributed by atoms with Crippen molar-refractivity contribution in [1.29, 1.82) is 0 Å². The number of nitrogens with one attached hydrogen (secondary N) is 1. The van der Waals surface area contributed by atoms with E-state index < -0.39 is 10.8 Å². The van der Waals surface area contributed by atoms with Crippen molar-refractivity contribution in [3.63, 3.8) is 0 Å². The van der Waals surface area contributed by atoms with Crippen LogP contribution in [0.3, 0.4) is 0 Å². The molecule has 0 radical (unpaired) electrons. The molecule has 0 saturated heterocycles. The first-order valence-corrected chi connectivity index (χ1v) is 9.89. The third-order valence-corrected chi connectivity index (χ3v) is 4.75. The Morgan fingerprint density at radius 1 is 1.06 bits per heavy atom. The van der Waals surface area contributed by atoms with E-state index in [1.165, 1.54) is 18.3 Å². The Morgan fingerprint density at radius 3 is 2.39 bits per heavy atom. The molecule has 0 bridgehead atoms. The molecule has 0 aliphatic rings. The minimum atomic E-state index is -0.530. The van der Waals surface area contributed by atoms with Crippen LogP contribution in [0.4, 0.5) is 5.69 Å². The van der Waals surface area contributed by atoms with Crippen molar-refractivity contribution < 1.29 is 14.5 Å². The van der Waals surface area contributed by atoms with Crippen molar-refractivity contribution in [3.05, 3.63) is 104 Å². The van der Waals surface area contributed by atoms with E-state index in [4.69, 9.17) is 27.9 Å². The number of nitro groups is 1. The minimum Gasteiger partial charge on any atom is -0.486 e. The van der Waals surface area contributed by atoms with Crippen LogP contribution in [0, 0.1) is 10.1 Å². The predicted octanol–water partition coefficient (Wildman–Crippen LogP) is 5.17. The van der Waals surface area contributed by atoms with Gasteiger partial charge >= 0.3 is 0 Å². The van der Waals surface area contributed by atoms with Gasteiger partial charge in [0.05, 0.1) is 27.6 Å². The van der Waals surface area contributed by atoms with Crippen molar-refractivity contribution in [2.24, 2.45) is 5.10 Å². The molecule has 1 N–H and O–H groups in total. The van der Waals surface area contributed by atoms with E-state index >= 15 is 0 Å². The highest BCUT2D eigenvalue weighted by Crippen LogP contribution is 2.34. The molecule has 31 heavy (non-hydrogen) atoms. The molecule has 1 amide bonds. The molecule has 7 nitrogen and oxygen atoms in total. The van der Waals surface area contributed by atoms with Crippen molar-refractivity contribution in [3.8, 4) is 5.75 Å². The van der Waals surface area contributed by atoms with E-state index in [-0.39, 0.29) is 12.1 Å². The van der Waals surface area contributed by atoms with E-state index in [0.717, 1.165) is 5.56 Å². The van der Waals surface area contributed by atoms with Gasteiger partial charge in [0.2, 0.25) is 5.91 Å². The predicted molar refractivity (Wildman–Crippen MR) is 120 cm³/mol. The zero-order chi connectivity index (χ0) is 22.2. The molecule has 0 spiro atoms. The quantitative estimate of drug-likeness (QED) is 0.286. The summed E-state index contributed by atoms with van der Waals surface area (Å²) in [6.45, 7) is 0.315. The number of hydrazone groups is 1. The fraction of sp³-hybridized carbons (Fsp3) is 0.0909. The number of hydrogen-bond acceptors (Lipinski definition) is 5. The average molecular weight is 458 g/mol. The van der Waals surface area contributed by atoms with E-state index in [2.05, 4.69) is 10.5 Å². The summed E-state index contributed by atoms with van der Waals surface area (Å²) in [5.74, 6) is -0.143. The van der Waals surface area contributed by atoms with Crippen LogP contribution >= 0.6 is 23.2 Å². The molecular weight excluding hydrogens is 441 g/mol. The first-order chi connectivity index (χ1) is 14.9. The third-order valence-electron chi connectivity index (χ3n) is 4.19. The second-order valence-electron chi connectivity index (χ2n) is 6.44. The molecule has 0 heterocycles. The number of ether oxygens (including phenoxy) is 1. The molecule has 9 heteroatoms. The van der Waals surface area contributed by atoms with E-state index in [1.54, 1.807) is 24.3 Å². The molecule has 3 aromatic rings. The monoisotopic (exact) mass is 457 g/mol. The van der Waals surface area contributed by atoms with E-state index in [9.17, 15) is 14.9 Å². The van der Waals surface area contributed by atoms with Gasteiger partial charge in [0, 0.05) is 11.6 Å². The Kier molecular flexibility index (Phi) is 7.59. The second kappa shape index (κ2) is 10.6. The van der Waals surface area contributed by atoms with Crippen molar-refractivity contribution in [2.75, 3.05) is 0 Å². The maximum absolute atomic E-state index is 12.1. The van der Waals surface area contributed by atoms with Crippen LogP contribution in [0.15, 0.2) is 71.8 Å². The summed E-state index contributed by atoms with van der Waals surface area (Å²) < 4.78 is 5.72. The van der Waals surface area contributed by atoms with Crippen LogP contribution in [0.5, 0.6) is 5.75 Å². The summed E-state index contributed by atoms with van der Waals surface area (Å²) in [6.07, 6.45) is 1.19. The van der Waals surface area contributed by atoms with Crippen LogP contribution in [-0.4, -0.2) is 17.0 Å². The van der Waals surface area contributed by atoms with Crippen LogP contribution in [0.25, 0.3) is 0 Å². The van der Waals surface area contributed by atoms with Crippen LogP contribution < -0.4 is 10.2 Å². The molecular formula is C22H17Cl2N3O4. The molecule has 3 aromatic carbocycles. The molecule has 3 rings (SSSR count).